The molecule has 0 saturated carbocycles. The molecule has 0 fully saturated rings. The second kappa shape index (κ2) is 6.88. The van der Waals surface area contributed by atoms with Gasteiger partial charge in [0.2, 0.25) is 0 Å². The Morgan fingerprint density at radius 1 is 0.857 bits per heavy atom. The minimum Gasteiger partial charge on any atom is -0.384 e. The molecule has 3 aromatic carbocycles. The van der Waals surface area contributed by atoms with Gasteiger partial charge in [-0.25, -0.2) is 0 Å². The van der Waals surface area contributed by atoms with Gasteiger partial charge < -0.3 is 5.32 Å². The molecular formula is C18H16ClNS. The van der Waals surface area contributed by atoms with E-state index in [1.54, 1.807) is 0 Å². The standard InChI is InChI=1S/C18H16ClNS/c19-16-6-3-7-17(13-16)20-10-11-21-18-9-8-14-4-1-2-5-15(14)12-18/h1-9,12-13,20H,10-11H2. The zero-order valence-corrected chi connectivity index (χ0v) is 13.1. The van der Waals surface area contributed by atoms with Crippen LogP contribution < -0.4 is 5.32 Å². The zero-order valence-electron chi connectivity index (χ0n) is 11.6. The number of benzene rings is 3. The maximum absolute atomic E-state index is 5.96. The number of nitrogens with one attached hydrogen (secondary N) is 1. The van der Waals surface area contributed by atoms with E-state index in [0.29, 0.717) is 0 Å². The largest absolute Gasteiger partial charge is 0.384 e. The van der Waals surface area contributed by atoms with E-state index in [4.69, 9.17) is 11.6 Å². The summed E-state index contributed by atoms with van der Waals surface area (Å²) in [6.07, 6.45) is 0. The highest BCUT2D eigenvalue weighted by Gasteiger charge is 1.98. The third-order valence-corrected chi connectivity index (χ3v) is 4.48. The molecule has 0 amide bonds. The van der Waals surface area contributed by atoms with Gasteiger partial charge in [-0.15, -0.1) is 11.8 Å². The maximum Gasteiger partial charge on any atom is 0.0426 e. The van der Waals surface area contributed by atoms with Crippen molar-refractivity contribution in [2.75, 3.05) is 17.6 Å². The Hall–Kier alpha value is -1.64. The Labute approximate surface area is 134 Å². The molecular weight excluding hydrogens is 298 g/mol. The van der Waals surface area contributed by atoms with Gasteiger partial charge in [-0.05, 0) is 41.1 Å². The van der Waals surface area contributed by atoms with Crippen molar-refractivity contribution < 1.29 is 0 Å². The van der Waals surface area contributed by atoms with Crippen LogP contribution in [-0.2, 0) is 0 Å². The molecule has 0 unspecified atom stereocenters. The molecule has 1 nitrogen and oxygen atoms in total. The van der Waals surface area contributed by atoms with Crippen molar-refractivity contribution in [1.82, 2.24) is 0 Å². The van der Waals surface area contributed by atoms with Crippen LogP contribution in [0.1, 0.15) is 0 Å². The predicted molar refractivity (Wildman–Crippen MR) is 94.6 cm³/mol. The number of fused-ring (bicyclic) bond motifs is 1. The third-order valence-electron chi connectivity index (χ3n) is 3.25. The first-order valence-electron chi connectivity index (χ1n) is 6.92. The molecule has 0 bridgehead atoms. The van der Waals surface area contributed by atoms with E-state index in [9.17, 15) is 0 Å². The molecule has 3 rings (SSSR count). The predicted octanol–water partition coefficient (Wildman–Crippen LogP) is 5.70. The summed E-state index contributed by atoms with van der Waals surface area (Å²) >= 11 is 7.83. The molecule has 0 aliphatic heterocycles. The first kappa shape index (κ1) is 14.3. The Bertz CT molecular complexity index is 742. The molecule has 0 heterocycles. The lowest BCUT2D eigenvalue weighted by molar-refractivity contribution is 1.22. The van der Waals surface area contributed by atoms with Crippen LogP contribution in [0.4, 0.5) is 5.69 Å². The Morgan fingerprint density at radius 2 is 1.71 bits per heavy atom. The van der Waals surface area contributed by atoms with Crippen molar-refractivity contribution >= 4 is 39.8 Å². The highest BCUT2D eigenvalue weighted by Crippen LogP contribution is 2.23. The van der Waals surface area contributed by atoms with Crippen LogP contribution in [0.15, 0.2) is 71.6 Å². The maximum atomic E-state index is 5.96. The van der Waals surface area contributed by atoms with E-state index in [1.165, 1.54) is 15.7 Å². The van der Waals surface area contributed by atoms with Gasteiger partial charge in [0.1, 0.15) is 0 Å². The van der Waals surface area contributed by atoms with Crippen LogP contribution >= 0.6 is 23.4 Å². The van der Waals surface area contributed by atoms with Gasteiger partial charge in [0.05, 0.1) is 0 Å². The number of hydrogen-bond acceptors (Lipinski definition) is 2. The summed E-state index contributed by atoms with van der Waals surface area (Å²) in [4.78, 5) is 1.31. The molecule has 1 N–H and O–H groups in total. The van der Waals surface area contributed by atoms with Crippen LogP contribution in [-0.4, -0.2) is 12.3 Å². The summed E-state index contributed by atoms with van der Waals surface area (Å²) in [5.41, 5.74) is 1.07. The number of rotatable bonds is 5. The second-order valence-corrected chi connectivity index (χ2v) is 6.40. The molecule has 3 aromatic rings. The van der Waals surface area contributed by atoms with Crippen molar-refractivity contribution in [2.24, 2.45) is 0 Å². The Kier molecular flexibility index (Phi) is 4.69. The molecule has 3 heteroatoms. The lowest BCUT2D eigenvalue weighted by atomic mass is 10.1. The second-order valence-electron chi connectivity index (χ2n) is 4.79. The van der Waals surface area contributed by atoms with Gasteiger partial charge in [-0.3, -0.25) is 0 Å². The first-order valence-corrected chi connectivity index (χ1v) is 8.29. The summed E-state index contributed by atoms with van der Waals surface area (Å²) in [6.45, 7) is 0.915. The fourth-order valence-electron chi connectivity index (χ4n) is 2.22. The van der Waals surface area contributed by atoms with Crippen molar-refractivity contribution in [3.05, 3.63) is 71.8 Å². The molecule has 0 spiro atoms. The molecule has 0 radical (unpaired) electrons. The van der Waals surface area contributed by atoms with Crippen LogP contribution in [0.3, 0.4) is 0 Å². The highest BCUT2D eigenvalue weighted by molar-refractivity contribution is 7.99. The topological polar surface area (TPSA) is 12.0 Å². The minimum absolute atomic E-state index is 0.766. The zero-order chi connectivity index (χ0) is 14.5. The Morgan fingerprint density at radius 3 is 2.57 bits per heavy atom. The van der Waals surface area contributed by atoms with Crippen molar-refractivity contribution in [3.8, 4) is 0 Å². The third kappa shape index (κ3) is 3.93. The quantitative estimate of drug-likeness (QED) is 0.479. The fraction of sp³-hybridized carbons (Fsp3) is 0.111. The van der Waals surface area contributed by atoms with Crippen LogP contribution in [0.25, 0.3) is 10.8 Å². The van der Waals surface area contributed by atoms with Crippen LogP contribution in [0.5, 0.6) is 0 Å². The van der Waals surface area contributed by atoms with Crippen LogP contribution in [0.2, 0.25) is 5.02 Å². The van der Waals surface area contributed by atoms with Crippen molar-refractivity contribution in [1.29, 1.82) is 0 Å². The van der Waals surface area contributed by atoms with Gasteiger partial charge in [0.15, 0.2) is 0 Å². The summed E-state index contributed by atoms with van der Waals surface area (Å²) in [5, 5.41) is 6.74. The van der Waals surface area contributed by atoms with Gasteiger partial charge in [-0.1, -0.05) is 48.0 Å². The lowest BCUT2D eigenvalue weighted by Gasteiger charge is -2.07. The Balaban J connectivity index is 1.54. The number of hydrogen-bond donors (Lipinski definition) is 1. The molecule has 0 aliphatic carbocycles. The van der Waals surface area contributed by atoms with E-state index in [-0.39, 0.29) is 0 Å². The molecule has 106 valence electrons. The average molecular weight is 314 g/mol. The number of anilines is 1. The van der Waals surface area contributed by atoms with Gasteiger partial charge in [0, 0.05) is 27.9 Å². The summed E-state index contributed by atoms with van der Waals surface area (Å²) in [5.74, 6) is 1.02. The molecule has 0 aliphatic rings. The molecule has 0 aromatic heterocycles. The SMILES string of the molecule is Clc1cccc(NCCSc2ccc3ccccc3c2)c1. The average Bonchev–Trinajstić information content (AvgIpc) is 2.51. The summed E-state index contributed by atoms with van der Waals surface area (Å²) in [6, 6.07) is 22.9. The van der Waals surface area contributed by atoms with Gasteiger partial charge >= 0.3 is 0 Å². The van der Waals surface area contributed by atoms with Gasteiger partial charge in [0.25, 0.3) is 0 Å². The van der Waals surface area contributed by atoms with E-state index in [2.05, 4.69) is 47.8 Å². The molecule has 0 saturated heterocycles. The number of halogens is 1. The highest BCUT2D eigenvalue weighted by atomic mass is 35.5. The van der Waals surface area contributed by atoms with Crippen molar-refractivity contribution in [2.45, 2.75) is 4.90 Å². The first-order chi connectivity index (χ1) is 10.3. The van der Waals surface area contributed by atoms with Gasteiger partial charge in [-0.2, -0.15) is 0 Å². The summed E-state index contributed by atoms with van der Waals surface area (Å²) in [7, 11) is 0. The normalized spacial score (nSPS) is 10.7. The minimum atomic E-state index is 0.766. The summed E-state index contributed by atoms with van der Waals surface area (Å²) < 4.78 is 0. The fourth-order valence-corrected chi connectivity index (χ4v) is 3.22. The molecule has 0 atom stereocenters. The van der Waals surface area contributed by atoms with E-state index in [1.807, 2.05) is 36.0 Å². The molecule has 21 heavy (non-hydrogen) atoms. The smallest absolute Gasteiger partial charge is 0.0426 e. The van der Waals surface area contributed by atoms with Crippen LogP contribution in [0, 0.1) is 0 Å². The van der Waals surface area contributed by atoms with E-state index >= 15 is 0 Å². The lowest BCUT2D eigenvalue weighted by Crippen LogP contribution is -2.03. The van der Waals surface area contributed by atoms with E-state index in [0.717, 1.165) is 23.0 Å². The number of thioether (sulfide) groups is 1. The van der Waals surface area contributed by atoms with Crippen molar-refractivity contribution in [3.63, 3.8) is 0 Å². The monoisotopic (exact) mass is 313 g/mol. The van der Waals surface area contributed by atoms with E-state index < -0.39 is 0 Å².